The number of likely N-dealkylation sites (tertiary alicyclic amines) is 1. The van der Waals surface area contributed by atoms with E-state index in [2.05, 4.69) is 40.9 Å². The minimum atomic E-state index is -0.324. The Bertz CT molecular complexity index is 897. The molecule has 0 bridgehead atoms. The molecule has 4 nitrogen and oxygen atoms in total. The van der Waals surface area contributed by atoms with Gasteiger partial charge in [0.15, 0.2) is 0 Å². The van der Waals surface area contributed by atoms with Crippen molar-refractivity contribution in [3.63, 3.8) is 0 Å². The van der Waals surface area contributed by atoms with E-state index >= 15 is 0 Å². The third kappa shape index (κ3) is 5.38. The van der Waals surface area contributed by atoms with Crippen molar-refractivity contribution >= 4 is 5.91 Å². The lowest BCUT2D eigenvalue weighted by Crippen LogP contribution is -2.47. The maximum absolute atomic E-state index is 14.1. The van der Waals surface area contributed by atoms with Gasteiger partial charge in [-0.25, -0.2) is 4.39 Å². The molecule has 1 heterocycles. The van der Waals surface area contributed by atoms with E-state index in [1.165, 1.54) is 6.07 Å². The molecule has 32 heavy (non-hydrogen) atoms. The molecule has 1 aliphatic carbocycles. The maximum Gasteiger partial charge on any atom is 0.233 e. The van der Waals surface area contributed by atoms with E-state index in [0.29, 0.717) is 12.5 Å². The molecular formula is C27H36FN3O. The number of amides is 1. The molecule has 2 aromatic rings. The standard InChI is InChI=1S/C27H36FN3O/c1-29(2)17-18-31(26(32)27(14-15-27)24-11-4-3-5-12-24)20-22-9-8-16-30(19-22)21-23-10-6-7-13-25(23)28/h3-7,10-13,22H,8-9,14-21H2,1-2H3. The van der Waals surface area contributed by atoms with Crippen LogP contribution in [0.25, 0.3) is 0 Å². The third-order valence-electron chi connectivity index (χ3n) is 7.02. The highest BCUT2D eigenvalue weighted by Crippen LogP contribution is 2.49. The fourth-order valence-electron chi connectivity index (χ4n) is 5.03. The van der Waals surface area contributed by atoms with Gasteiger partial charge in [-0.2, -0.15) is 0 Å². The topological polar surface area (TPSA) is 26.8 Å². The van der Waals surface area contributed by atoms with Crippen LogP contribution < -0.4 is 0 Å². The third-order valence-corrected chi connectivity index (χ3v) is 7.02. The summed E-state index contributed by atoms with van der Waals surface area (Å²) in [5.41, 5.74) is 1.59. The van der Waals surface area contributed by atoms with Gasteiger partial charge in [0.1, 0.15) is 5.82 Å². The fraction of sp³-hybridized carbons (Fsp3) is 0.519. The Morgan fingerprint density at radius 1 is 1.06 bits per heavy atom. The van der Waals surface area contributed by atoms with Crippen LogP contribution in [0.4, 0.5) is 4.39 Å². The summed E-state index contributed by atoms with van der Waals surface area (Å²) in [6.07, 6.45) is 4.10. The highest BCUT2D eigenvalue weighted by atomic mass is 19.1. The van der Waals surface area contributed by atoms with E-state index in [9.17, 15) is 9.18 Å². The molecule has 1 amide bonds. The predicted molar refractivity (Wildman–Crippen MR) is 127 cm³/mol. The zero-order chi connectivity index (χ0) is 22.6. The Kier molecular flexibility index (Phi) is 7.27. The molecule has 2 aromatic carbocycles. The average molecular weight is 438 g/mol. The molecule has 1 atom stereocenters. The van der Waals surface area contributed by atoms with E-state index < -0.39 is 0 Å². The largest absolute Gasteiger partial charge is 0.340 e. The number of carbonyl (C=O) groups excluding carboxylic acids is 1. The van der Waals surface area contributed by atoms with Crippen molar-refractivity contribution in [1.82, 2.24) is 14.7 Å². The smallest absolute Gasteiger partial charge is 0.233 e. The first-order valence-electron chi connectivity index (χ1n) is 11.9. The molecule has 1 unspecified atom stereocenters. The predicted octanol–water partition coefficient (Wildman–Crippen LogP) is 4.16. The van der Waals surface area contributed by atoms with Gasteiger partial charge < -0.3 is 9.80 Å². The average Bonchev–Trinajstić information content (AvgIpc) is 3.61. The molecule has 0 spiro atoms. The van der Waals surface area contributed by atoms with Gasteiger partial charge in [-0.3, -0.25) is 9.69 Å². The lowest BCUT2D eigenvalue weighted by Gasteiger charge is -2.37. The molecule has 2 aliphatic rings. The summed E-state index contributed by atoms with van der Waals surface area (Å²) in [6, 6.07) is 17.4. The minimum Gasteiger partial charge on any atom is -0.340 e. The van der Waals surface area contributed by atoms with E-state index in [-0.39, 0.29) is 17.1 Å². The van der Waals surface area contributed by atoms with Gasteiger partial charge in [-0.05, 0) is 63.9 Å². The number of likely N-dealkylation sites (N-methyl/N-ethyl adjacent to an activating group) is 1. The fourth-order valence-corrected chi connectivity index (χ4v) is 5.03. The quantitative estimate of drug-likeness (QED) is 0.589. The second-order valence-corrected chi connectivity index (χ2v) is 9.84. The summed E-state index contributed by atoms with van der Waals surface area (Å²) in [5, 5.41) is 0. The van der Waals surface area contributed by atoms with E-state index in [1.54, 1.807) is 6.07 Å². The summed E-state index contributed by atoms with van der Waals surface area (Å²) in [6.45, 7) is 4.95. The van der Waals surface area contributed by atoms with Crippen LogP contribution in [-0.4, -0.2) is 67.4 Å². The summed E-state index contributed by atoms with van der Waals surface area (Å²) >= 11 is 0. The Labute approximate surface area is 192 Å². The zero-order valence-corrected chi connectivity index (χ0v) is 19.5. The van der Waals surface area contributed by atoms with E-state index in [0.717, 1.165) is 69.5 Å². The molecule has 0 N–H and O–H groups in total. The van der Waals surface area contributed by atoms with Crippen LogP contribution in [0.3, 0.4) is 0 Å². The van der Waals surface area contributed by atoms with Gasteiger partial charge in [0.2, 0.25) is 5.91 Å². The molecule has 5 heteroatoms. The van der Waals surface area contributed by atoms with Crippen molar-refractivity contribution in [2.75, 3.05) is 46.8 Å². The zero-order valence-electron chi connectivity index (χ0n) is 19.5. The van der Waals surface area contributed by atoms with Gasteiger partial charge in [-0.1, -0.05) is 48.5 Å². The summed E-state index contributed by atoms with van der Waals surface area (Å²) in [4.78, 5) is 20.4. The molecule has 1 saturated heterocycles. The summed E-state index contributed by atoms with van der Waals surface area (Å²) in [7, 11) is 4.12. The summed E-state index contributed by atoms with van der Waals surface area (Å²) in [5.74, 6) is 0.584. The van der Waals surface area contributed by atoms with Gasteiger partial charge in [-0.15, -0.1) is 0 Å². The van der Waals surface area contributed by atoms with Gasteiger partial charge in [0, 0.05) is 38.3 Å². The second-order valence-electron chi connectivity index (χ2n) is 9.84. The van der Waals surface area contributed by atoms with Crippen LogP contribution in [0.15, 0.2) is 54.6 Å². The van der Waals surface area contributed by atoms with Crippen molar-refractivity contribution in [3.8, 4) is 0 Å². The molecule has 1 aliphatic heterocycles. The van der Waals surface area contributed by atoms with Crippen molar-refractivity contribution in [2.24, 2.45) is 5.92 Å². The van der Waals surface area contributed by atoms with Crippen molar-refractivity contribution in [3.05, 3.63) is 71.5 Å². The maximum atomic E-state index is 14.1. The molecule has 4 rings (SSSR count). The SMILES string of the molecule is CN(C)CCN(CC1CCCN(Cc2ccccc2F)C1)C(=O)C1(c2ccccc2)CC1. The van der Waals surface area contributed by atoms with Crippen LogP contribution in [0, 0.1) is 11.7 Å². The Morgan fingerprint density at radius 3 is 2.47 bits per heavy atom. The first-order chi connectivity index (χ1) is 15.5. The number of piperidine rings is 1. The van der Waals surface area contributed by atoms with Crippen molar-refractivity contribution in [1.29, 1.82) is 0 Å². The van der Waals surface area contributed by atoms with Crippen LogP contribution in [0.1, 0.15) is 36.8 Å². The second kappa shape index (κ2) is 10.1. The van der Waals surface area contributed by atoms with Crippen LogP contribution in [0.2, 0.25) is 0 Å². The first kappa shape index (κ1) is 22.9. The molecule has 0 aromatic heterocycles. The number of hydrogen-bond acceptors (Lipinski definition) is 3. The lowest BCUT2D eigenvalue weighted by molar-refractivity contribution is -0.135. The lowest BCUT2D eigenvalue weighted by atomic mass is 9.92. The van der Waals surface area contributed by atoms with E-state index in [4.69, 9.17) is 0 Å². The van der Waals surface area contributed by atoms with Crippen LogP contribution in [-0.2, 0) is 16.8 Å². The number of halogens is 1. The minimum absolute atomic E-state index is 0.129. The van der Waals surface area contributed by atoms with Crippen molar-refractivity contribution in [2.45, 2.75) is 37.6 Å². The number of rotatable bonds is 9. The Hall–Kier alpha value is -2.24. The monoisotopic (exact) mass is 437 g/mol. The van der Waals surface area contributed by atoms with Crippen LogP contribution >= 0.6 is 0 Å². The molecule has 172 valence electrons. The van der Waals surface area contributed by atoms with Gasteiger partial charge >= 0.3 is 0 Å². The number of carbonyl (C=O) groups is 1. The number of nitrogens with zero attached hydrogens (tertiary/aromatic N) is 3. The van der Waals surface area contributed by atoms with E-state index in [1.807, 2.05) is 30.3 Å². The Balaban J connectivity index is 1.44. The number of benzene rings is 2. The highest BCUT2D eigenvalue weighted by Gasteiger charge is 2.53. The molecule has 0 radical (unpaired) electrons. The van der Waals surface area contributed by atoms with Crippen molar-refractivity contribution < 1.29 is 9.18 Å². The first-order valence-corrected chi connectivity index (χ1v) is 11.9. The normalized spacial score (nSPS) is 20.3. The molecular weight excluding hydrogens is 401 g/mol. The Morgan fingerprint density at radius 2 is 1.78 bits per heavy atom. The highest BCUT2D eigenvalue weighted by molar-refractivity contribution is 5.91. The van der Waals surface area contributed by atoms with Gasteiger partial charge in [0.25, 0.3) is 0 Å². The molecule has 1 saturated carbocycles. The van der Waals surface area contributed by atoms with Crippen LogP contribution in [0.5, 0.6) is 0 Å². The molecule has 2 fully saturated rings. The number of hydrogen-bond donors (Lipinski definition) is 0. The summed E-state index contributed by atoms with van der Waals surface area (Å²) < 4.78 is 14.1. The van der Waals surface area contributed by atoms with Gasteiger partial charge in [0.05, 0.1) is 5.41 Å².